The van der Waals surface area contributed by atoms with Crippen LogP contribution in [0.1, 0.15) is 172 Å². The van der Waals surface area contributed by atoms with Crippen molar-refractivity contribution in [2.75, 3.05) is 39.5 Å². The number of azide groups is 3. The van der Waals surface area contributed by atoms with Crippen LogP contribution in [0.4, 0.5) is 13.2 Å². The number of rotatable bonds is 46. The smallest absolute Gasteiger partial charge is 0.459 e. The van der Waals surface area contributed by atoms with E-state index in [9.17, 15) is 85.8 Å². The summed E-state index contributed by atoms with van der Waals surface area (Å²) >= 11 is 5.97. The predicted molar refractivity (Wildman–Crippen MR) is 503 cm³/mol. The normalized spacial score (nSPS) is 22.5. The summed E-state index contributed by atoms with van der Waals surface area (Å²) in [5.41, 5.74) is 17.7. The third-order valence-electron chi connectivity index (χ3n) is 20.8. The number of H-pyrrole nitrogens is 3. The summed E-state index contributed by atoms with van der Waals surface area (Å²) in [7, 11) is -9.30. The lowest BCUT2D eigenvalue weighted by Gasteiger charge is -2.33. The summed E-state index contributed by atoms with van der Waals surface area (Å²) in [5.74, 6) is -5.07. The van der Waals surface area contributed by atoms with Crippen molar-refractivity contribution in [3.05, 3.63) is 220 Å². The number of carbonyl (C=O) groups excluding carboxylic acids is 6. The number of hydrogen-bond donors (Lipinski definition) is 8. The van der Waals surface area contributed by atoms with Gasteiger partial charge in [-0.05, 0) is 175 Å². The van der Waals surface area contributed by atoms with Gasteiger partial charge >= 0.3 is 75.3 Å². The number of aromatic amines is 3. The fourth-order valence-corrected chi connectivity index (χ4v) is 18.6. The van der Waals surface area contributed by atoms with E-state index in [1.807, 2.05) is 15.0 Å². The van der Waals surface area contributed by atoms with E-state index in [0.29, 0.717) is 27.7 Å². The van der Waals surface area contributed by atoms with Crippen LogP contribution >= 0.6 is 33.6 Å². The lowest BCUT2D eigenvalue weighted by Crippen LogP contribution is -2.49. The molecular formula is C86H119ClF3N18O31P3. The molecule has 0 aliphatic carbocycles. The minimum absolute atomic E-state index is 0.0110. The van der Waals surface area contributed by atoms with Crippen LogP contribution in [-0.4, -0.2) is 210 Å². The molecule has 56 heteroatoms. The van der Waals surface area contributed by atoms with E-state index in [-0.39, 0.29) is 86.3 Å². The van der Waals surface area contributed by atoms with Gasteiger partial charge in [0.2, 0.25) is 0 Å². The molecule has 0 amide bonds. The average molecular weight is 2090 g/mol. The van der Waals surface area contributed by atoms with Gasteiger partial charge in [-0.15, -0.1) is 0 Å². The summed E-state index contributed by atoms with van der Waals surface area (Å²) in [4.78, 5) is 158. The fraction of sp³-hybridized carbons (Fsp3) is 0.581. The Bertz CT molecular complexity index is 5760. The van der Waals surface area contributed by atoms with Crippen molar-refractivity contribution in [3.8, 4) is 17.2 Å². The van der Waals surface area contributed by atoms with Crippen LogP contribution in [0.15, 0.2) is 154 Å². The number of nitrogens with one attached hydrogen (secondary N) is 6. The van der Waals surface area contributed by atoms with Crippen LogP contribution in [0.25, 0.3) is 31.3 Å². The molecule has 142 heavy (non-hydrogen) atoms. The number of nitrogens with zero attached hydrogens (tertiary/aromatic N) is 12. The number of aliphatic hydroxyl groups excluding tert-OH is 2. The van der Waals surface area contributed by atoms with Gasteiger partial charge in [-0.1, -0.05) is 83.8 Å². The molecule has 0 spiro atoms. The lowest BCUT2D eigenvalue weighted by molar-refractivity contribution is -0.150. The van der Waals surface area contributed by atoms with Crippen LogP contribution in [0.3, 0.4) is 0 Å². The summed E-state index contributed by atoms with van der Waals surface area (Å²) < 4.78 is 166. The van der Waals surface area contributed by atoms with Gasteiger partial charge in [0.25, 0.3) is 16.7 Å². The highest BCUT2D eigenvalue weighted by Crippen LogP contribution is 2.54. The molecule has 49 nitrogen and oxygen atoms in total. The fourth-order valence-electron chi connectivity index (χ4n) is 13.7. The quantitative estimate of drug-likeness (QED) is 0.00439. The molecule has 3 saturated heterocycles. The summed E-state index contributed by atoms with van der Waals surface area (Å²) in [6, 6.07) is 19.0. The van der Waals surface area contributed by atoms with E-state index in [1.54, 1.807) is 144 Å². The third kappa shape index (κ3) is 35.4. The second-order valence-electron chi connectivity index (χ2n) is 34.2. The molecule has 6 aromatic rings. The highest BCUT2D eigenvalue weighted by molar-refractivity contribution is 7.84. The Morgan fingerprint density at radius 1 is 0.444 bits per heavy atom. The van der Waals surface area contributed by atoms with Gasteiger partial charge in [0.1, 0.15) is 58.3 Å². The Morgan fingerprint density at radius 2 is 0.725 bits per heavy atom. The predicted octanol–water partition coefficient (Wildman–Crippen LogP) is 11.2. The molecule has 8 N–H and O–H groups in total. The molecule has 18 atom stereocenters. The highest BCUT2D eigenvalue weighted by atomic mass is 35.7. The lowest BCUT2D eigenvalue weighted by atomic mass is 9.88. The Kier molecular flexibility index (Phi) is 45.7. The van der Waals surface area contributed by atoms with E-state index in [1.165, 1.54) is 46.8 Å². The average Bonchev–Trinajstić information content (AvgIpc) is 1.60. The van der Waals surface area contributed by atoms with Crippen LogP contribution in [-0.2, 0) is 113 Å². The molecule has 3 aliphatic heterocycles. The second kappa shape index (κ2) is 54.6. The molecule has 0 bridgehead atoms. The number of para-hydroxylation sites is 3. The number of halogens is 4. The molecule has 3 fully saturated rings. The van der Waals surface area contributed by atoms with Crippen LogP contribution < -0.4 is 62.6 Å². The maximum absolute atomic E-state index is 15.8. The summed E-state index contributed by atoms with van der Waals surface area (Å²) in [6.07, 6.45) is -11.0. The Hall–Kier alpha value is -11.8. The zero-order valence-corrected chi connectivity index (χ0v) is 84.2. The molecule has 782 valence electrons. The molecule has 3 aliphatic rings. The molecule has 3 aromatic heterocycles. The molecule has 3 aromatic carbocycles. The minimum Gasteiger partial charge on any atom is -0.463 e. The zero-order valence-electron chi connectivity index (χ0n) is 80.7. The first-order valence-electron chi connectivity index (χ1n) is 44.5. The van der Waals surface area contributed by atoms with Crippen molar-refractivity contribution in [1.29, 1.82) is 0 Å². The van der Waals surface area contributed by atoms with Crippen molar-refractivity contribution in [1.82, 2.24) is 43.9 Å². The number of carbonyl (C=O) groups is 6. The Labute approximate surface area is 815 Å². The largest absolute Gasteiger partial charge is 0.463 e. The standard InChI is InChI=1S/C29H40FN6O10P.C28H38FN6O11P.C18H27ClNO6P.C11H14FN5O4/c1-17(2)43-24(38)12-11-21-9-7-8-10-22(21)46-47(41,34-20(6)27(39)44-18(3)4)42-16-29(15-32-35-31)19(5)25(30)26(45-29)36-14-13-23(37)33-28(36)40;1-16(2)43-22(37)11-10-19-8-6-7-9-20(19)46-47(41,33-18(5)26(39)44-17(3)4)42-15-28(14-31-34-30)24(38)23(29)25(45-28)35-13-12-21(36)32-27(35)40;1-12(2)24-17(21)11-10-15-8-6-7-9-16(15)26-27(19,23)20-14(5)18(22)25-13(3)4;1-6-8(12)9(17-3-2-7(19)15-10(17)20)21-11(6,5-18)4-14-16-13/h7-10,13-14,17-20,25-26H,11-12,15-16H2,1-6H3,(H,34,41)(H,33,37,40);6-9,12-13,16-18,23-25,38H,10-11,14-15H2,1-5H3,(H,33,41)(H,32,36,40);6-9,12-14H,10-11H2,1-5H3,(H,20,23);2-3,6,8-9,18H,4-5H2,1H3,(H,15,19,20)/t19-,20-,25+,26+,29+,47?;18-,23+,24-,25+,28+,47?;14-,27?;6-,8+,9+,11+/m0000/s1. The van der Waals surface area contributed by atoms with E-state index < -0.39 is 221 Å². The van der Waals surface area contributed by atoms with Crippen LogP contribution in [0, 0.1) is 11.8 Å². The number of hydrogen-bond acceptors (Lipinski definition) is 34. The van der Waals surface area contributed by atoms with E-state index in [2.05, 4.69) is 45.3 Å². The van der Waals surface area contributed by atoms with Crippen molar-refractivity contribution < 1.29 is 131 Å². The maximum atomic E-state index is 15.8. The first-order valence-corrected chi connectivity index (χ1v) is 50.1. The van der Waals surface area contributed by atoms with Gasteiger partial charge in [-0.2, -0.15) is 10.2 Å². The van der Waals surface area contributed by atoms with Crippen LogP contribution in [0.2, 0.25) is 0 Å². The number of alkyl halides is 3. The zero-order chi connectivity index (χ0) is 106. The van der Waals surface area contributed by atoms with E-state index in [0.717, 1.165) is 45.9 Å². The molecule has 0 radical (unpaired) electrons. The summed E-state index contributed by atoms with van der Waals surface area (Å²) in [6.45, 7) is 19.7. The monoisotopic (exact) mass is 2080 g/mol. The first kappa shape index (κ1) is 119. The molecule has 9 rings (SSSR count). The first-order chi connectivity index (χ1) is 66.6. The van der Waals surface area contributed by atoms with Gasteiger partial charge in [0.05, 0.1) is 76.1 Å². The SMILES string of the molecule is CC(C)OC(=O)CCc1ccccc1OP(=O)(Cl)N[C@@H](C)C(=O)OC(C)C.CC(C)OC(=O)CCc1ccccc1OP(=O)(N[C@@H](C)C(=O)OC(C)C)OC[C@@]1(CN=[N+]=[N-])O[C@@H](n2ccc(=O)[nH]c2=O)[C@H](F)[C@@H]1C.CC(C)OC(=O)CCc1ccccc1OP(=O)(N[C@@H](C)C(=O)OC(C)C)OC[C@@]1(CN=[N+]=[N-])O[C@@H](n2ccc(=O)[nH]c2=O)[C@H](F)[C@@H]1O.C[C@H]1[C@@H](F)[C@H](n2ccc(=O)[nH]c2=O)O[C@@]1(CO)CN=[N+]=[N-]. The van der Waals surface area contributed by atoms with Crippen molar-refractivity contribution in [3.63, 3.8) is 0 Å². The van der Waals surface area contributed by atoms with Gasteiger partial charge in [0, 0.05) is 93.9 Å². The van der Waals surface area contributed by atoms with Gasteiger partial charge in [-0.3, -0.25) is 80.9 Å². The van der Waals surface area contributed by atoms with E-state index >= 15 is 8.78 Å². The van der Waals surface area contributed by atoms with E-state index in [4.69, 9.17) is 93.1 Å². The van der Waals surface area contributed by atoms with Crippen molar-refractivity contribution in [2.24, 2.45) is 27.2 Å². The van der Waals surface area contributed by atoms with Gasteiger partial charge < -0.3 is 66.4 Å². The number of aromatic nitrogens is 6. The third-order valence-corrected chi connectivity index (χ3v) is 25.6. The minimum atomic E-state index is -4.70. The summed E-state index contributed by atoms with van der Waals surface area (Å²) in [5, 5.41) is 38.2. The highest BCUT2D eigenvalue weighted by Gasteiger charge is 2.59. The van der Waals surface area contributed by atoms with Crippen molar-refractivity contribution >= 4 is 69.4 Å². The second-order valence-corrected chi connectivity index (χ2v) is 40.3. The molecule has 3 unspecified atom stereocenters. The van der Waals surface area contributed by atoms with Crippen LogP contribution in [0.5, 0.6) is 17.2 Å². The van der Waals surface area contributed by atoms with Gasteiger partial charge in [-0.25, -0.2) is 46.3 Å². The number of benzene rings is 3. The molecule has 0 saturated carbocycles. The number of ether oxygens (including phenoxy) is 9. The number of aliphatic hydroxyl groups is 2. The number of esters is 6. The number of aryl methyl sites for hydroxylation is 3. The Balaban J connectivity index is 0.000000304. The van der Waals surface area contributed by atoms with Gasteiger partial charge in [0.15, 0.2) is 37.2 Å². The maximum Gasteiger partial charge on any atom is 0.459 e. The van der Waals surface area contributed by atoms with Crippen molar-refractivity contribution in [2.45, 2.75) is 271 Å². The Morgan fingerprint density at radius 3 is 1.05 bits per heavy atom. The molecular weight excluding hydrogens is 1970 g/mol. The molecule has 6 heterocycles. The topological polar surface area (TPSA) is 670 Å².